The molecule has 5 unspecified atom stereocenters. The molecule has 0 radical (unpaired) electrons. The van der Waals surface area contributed by atoms with Crippen molar-refractivity contribution >= 4 is 51.5 Å². The number of hydrogen-bond donors (Lipinski definition) is 1. The number of nitriles is 1. The number of aromatic nitrogens is 1. The number of aliphatic hydroxyl groups is 1. The van der Waals surface area contributed by atoms with Gasteiger partial charge >= 0.3 is 0 Å². The van der Waals surface area contributed by atoms with Gasteiger partial charge in [0.2, 0.25) is 11.8 Å². The second kappa shape index (κ2) is 8.14. The zero-order valence-corrected chi connectivity index (χ0v) is 21.2. The summed E-state index contributed by atoms with van der Waals surface area (Å²) in [4.78, 5) is 41.4. The van der Waals surface area contributed by atoms with Crippen molar-refractivity contribution in [3.8, 4) is 6.07 Å². The fraction of sp³-hybridized carbons (Fsp3) is 0.333. The molecule has 2 aromatic carbocycles. The molecule has 0 aliphatic carbocycles. The molecule has 4 heterocycles. The predicted molar refractivity (Wildman–Crippen MR) is 136 cm³/mol. The van der Waals surface area contributed by atoms with Gasteiger partial charge in [-0.3, -0.25) is 14.4 Å². The molecule has 37 heavy (non-hydrogen) atoms. The first kappa shape index (κ1) is 24.1. The number of fused-ring (bicyclic) bond motifs is 6. The molecule has 0 spiro atoms. The lowest BCUT2D eigenvalue weighted by Crippen LogP contribution is -2.49. The molecule has 188 valence electrons. The van der Waals surface area contributed by atoms with E-state index in [1.807, 2.05) is 12.1 Å². The van der Waals surface area contributed by atoms with E-state index in [2.05, 4.69) is 6.07 Å². The Morgan fingerprint density at radius 3 is 2.62 bits per heavy atom. The lowest BCUT2D eigenvalue weighted by Gasteiger charge is -2.33. The van der Waals surface area contributed by atoms with Gasteiger partial charge in [0.15, 0.2) is 0 Å². The van der Waals surface area contributed by atoms with Crippen molar-refractivity contribution in [3.05, 3.63) is 74.6 Å². The first-order valence-electron chi connectivity index (χ1n) is 11.8. The minimum atomic E-state index is -1.28. The molecule has 3 aromatic rings. The second-order valence-electron chi connectivity index (χ2n) is 10.1. The van der Waals surface area contributed by atoms with Crippen molar-refractivity contribution in [3.63, 3.8) is 0 Å². The number of ether oxygens (including phenoxy) is 1. The van der Waals surface area contributed by atoms with Gasteiger partial charge in [-0.2, -0.15) is 5.26 Å². The maximum absolute atomic E-state index is 14.0. The van der Waals surface area contributed by atoms with Crippen LogP contribution >= 0.6 is 23.2 Å². The molecule has 1 aromatic heterocycles. The molecule has 2 amide bonds. The van der Waals surface area contributed by atoms with Gasteiger partial charge in [-0.15, -0.1) is 0 Å². The van der Waals surface area contributed by atoms with Crippen molar-refractivity contribution in [1.82, 2.24) is 4.57 Å². The molecule has 0 saturated carbocycles. The number of benzene rings is 2. The van der Waals surface area contributed by atoms with Gasteiger partial charge in [-0.05, 0) is 30.9 Å². The summed E-state index contributed by atoms with van der Waals surface area (Å²) >= 11 is 12.1. The summed E-state index contributed by atoms with van der Waals surface area (Å²) in [5.74, 6) is -2.79. The molecule has 3 aliphatic rings. The van der Waals surface area contributed by atoms with E-state index in [1.165, 1.54) is 16.8 Å². The highest BCUT2D eigenvalue weighted by atomic mass is 35.5. The molecule has 3 aliphatic heterocycles. The number of anilines is 1. The molecular formula is C27H21Cl2N3O5. The maximum atomic E-state index is 14.0. The van der Waals surface area contributed by atoms with Crippen molar-refractivity contribution in [2.45, 2.75) is 43.6 Å². The standard InChI is InChI=1S/C27H21Cl2N3O5/c1-26-20(33)11-27(37-26,8-9-31-13-15(28)10-18(29)23(31)34)22-21(26)24(35)32(25(22)36)19-7-6-14-4-2-3-5-16(14)17(19)12-30/h2-7,10,13,20-22,33H,8-9,11H2,1H3. The second-order valence-corrected chi connectivity index (χ2v) is 10.9. The number of nitrogens with zero attached hydrogens (tertiary/aromatic N) is 3. The minimum absolute atomic E-state index is 0.0369. The van der Waals surface area contributed by atoms with E-state index >= 15 is 0 Å². The summed E-state index contributed by atoms with van der Waals surface area (Å²) < 4.78 is 7.68. The van der Waals surface area contributed by atoms with E-state index in [4.69, 9.17) is 27.9 Å². The van der Waals surface area contributed by atoms with Crippen LogP contribution < -0.4 is 10.5 Å². The number of aliphatic hydroxyl groups excluding tert-OH is 1. The molecule has 3 saturated heterocycles. The van der Waals surface area contributed by atoms with Crippen LogP contribution in [0.4, 0.5) is 5.69 Å². The summed E-state index contributed by atoms with van der Waals surface area (Å²) in [6.45, 7) is 1.76. The number of aryl methyl sites for hydroxylation is 1. The monoisotopic (exact) mass is 537 g/mol. The van der Waals surface area contributed by atoms with Crippen LogP contribution in [0.5, 0.6) is 0 Å². The van der Waals surface area contributed by atoms with Gasteiger partial charge in [0.25, 0.3) is 5.56 Å². The Labute approximate surface area is 221 Å². The Hall–Kier alpha value is -3.22. The average Bonchev–Trinajstić information content (AvgIpc) is 3.41. The molecule has 2 bridgehead atoms. The fourth-order valence-corrected chi connectivity index (χ4v) is 6.97. The number of amides is 2. The van der Waals surface area contributed by atoms with Crippen LogP contribution in [0.1, 0.15) is 25.3 Å². The third-order valence-electron chi connectivity index (χ3n) is 8.16. The number of halogens is 2. The average molecular weight is 538 g/mol. The summed E-state index contributed by atoms with van der Waals surface area (Å²) in [5, 5.41) is 22.6. The van der Waals surface area contributed by atoms with Crippen LogP contribution in [0.15, 0.2) is 53.5 Å². The van der Waals surface area contributed by atoms with Crippen LogP contribution in [0.2, 0.25) is 10.0 Å². The van der Waals surface area contributed by atoms with E-state index in [0.29, 0.717) is 5.39 Å². The minimum Gasteiger partial charge on any atom is -0.390 e. The topological polar surface area (TPSA) is 113 Å². The Bertz CT molecular complexity index is 1610. The van der Waals surface area contributed by atoms with Gasteiger partial charge in [0.05, 0.1) is 39.8 Å². The lowest BCUT2D eigenvalue weighted by atomic mass is 9.66. The highest BCUT2D eigenvalue weighted by Gasteiger charge is 2.77. The Morgan fingerprint density at radius 1 is 1.14 bits per heavy atom. The number of carbonyl (C=O) groups is 2. The Balaban J connectivity index is 1.42. The van der Waals surface area contributed by atoms with Gasteiger partial charge in [0, 0.05) is 24.5 Å². The quantitative estimate of drug-likeness (QED) is 0.508. The van der Waals surface area contributed by atoms with E-state index in [-0.39, 0.29) is 40.7 Å². The smallest absolute Gasteiger partial charge is 0.269 e. The number of rotatable bonds is 4. The number of imide groups is 1. The maximum Gasteiger partial charge on any atom is 0.269 e. The van der Waals surface area contributed by atoms with Crippen LogP contribution in [0.25, 0.3) is 10.8 Å². The highest BCUT2D eigenvalue weighted by molar-refractivity contribution is 6.34. The lowest BCUT2D eigenvalue weighted by molar-refractivity contribution is -0.133. The van der Waals surface area contributed by atoms with Gasteiger partial charge < -0.3 is 14.4 Å². The van der Waals surface area contributed by atoms with Crippen molar-refractivity contribution in [1.29, 1.82) is 5.26 Å². The van der Waals surface area contributed by atoms with E-state index in [0.717, 1.165) is 10.3 Å². The van der Waals surface area contributed by atoms with Crippen LogP contribution in [-0.2, 0) is 20.9 Å². The summed E-state index contributed by atoms with van der Waals surface area (Å²) in [5.41, 5.74) is -2.46. The zero-order valence-electron chi connectivity index (χ0n) is 19.6. The first-order valence-corrected chi connectivity index (χ1v) is 12.6. The van der Waals surface area contributed by atoms with Gasteiger partial charge in [-0.1, -0.05) is 53.5 Å². The fourth-order valence-electron chi connectivity index (χ4n) is 6.47. The van der Waals surface area contributed by atoms with Crippen LogP contribution in [-0.4, -0.2) is 38.8 Å². The van der Waals surface area contributed by atoms with Gasteiger partial charge in [-0.25, -0.2) is 4.90 Å². The van der Waals surface area contributed by atoms with Crippen molar-refractivity contribution in [2.24, 2.45) is 11.8 Å². The number of pyridine rings is 1. The Kier molecular flexibility index (Phi) is 5.31. The van der Waals surface area contributed by atoms with Crippen LogP contribution in [0.3, 0.4) is 0 Å². The molecule has 1 N–H and O–H groups in total. The highest BCUT2D eigenvalue weighted by Crippen LogP contribution is 2.62. The molecule has 5 atom stereocenters. The predicted octanol–water partition coefficient (Wildman–Crippen LogP) is 3.67. The van der Waals surface area contributed by atoms with Crippen molar-refractivity contribution < 1.29 is 19.4 Å². The molecule has 6 rings (SSSR count). The van der Waals surface area contributed by atoms with E-state index < -0.39 is 46.5 Å². The van der Waals surface area contributed by atoms with Crippen LogP contribution in [0, 0.1) is 23.2 Å². The number of hydrogen-bond acceptors (Lipinski definition) is 6. The van der Waals surface area contributed by atoms with E-state index in [1.54, 1.807) is 31.2 Å². The molecular weight excluding hydrogens is 517 g/mol. The largest absolute Gasteiger partial charge is 0.390 e. The molecule has 10 heteroatoms. The summed E-state index contributed by atoms with van der Waals surface area (Å²) in [7, 11) is 0. The first-order chi connectivity index (χ1) is 17.6. The van der Waals surface area contributed by atoms with Gasteiger partial charge in [0.1, 0.15) is 16.7 Å². The molecule has 3 fully saturated rings. The Morgan fingerprint density at radius 2 is 1.86 bits per heavy atom. The summed E-state index contributed by atoms with van der Waals surface area (Å²) in [6.07, 6.45) is 0.763. The SMILES string of the molecule is CC12OC(CCn3cc(Cl)cc(Cl)c3=O)(CC1O)C1C(=O)N(c3ccc4ccccc4c3C#N)C(=O)C12. The van der Waals surface area contributed by atoms with E-state index in [9.17, 15) is 24.8 Å². The summed E-state index contributed by atoms with van der Waals surface area (Å²) in [6, 6.07) is 14.2. The third-order valence-corrected chi connectivity index (χ3v) is 8.64. The zero-order chi connectivity index (χ0) is 26.3. The third kappa shape index (κ3) is 3.25. The van der Waals surface area contributed by atoms with Crippen molar-refractivity contribution in [2.75, 3.05) is 4.90 Å². The number of carbonyl (C=O) groups excluding carboxylic acids is 2. The molecule has 8 nitrogen and oxygen atoms in total. The normalized spacial score (nSPS) is 30.2.